The minimum atomic E-state index is 0.112. The van der Waals surface area contributed by atoms with Gasteiger partial charge in [-0.1, -0.05) is 26.8 Å². The van der Waals surface area contributed by atoms with E-state index in [1.807, 2.05) is 13.1 Å². The Morgan fingerprint density at radius 3 is 2.45 bits per heavy atom. The Balaban J connectivity index is 3.01. The summed E-state index contributed by atoms with van der Waals surface area (Å²) in [5.41, 5.74) is 7.23. The molecule has 1 heterocycles. The maximum Gasteiger partial charge on any atom is 0.126 e. The van der Waals surface area contributed by atoms with Crippen LogP contribution in [0.5, 0.6) is 0 Å². The molecule has 1 aromatic rings. The quantitative estimate of drug-likeness (QED) is 0.766. The number of nitrogens with zero attached hydrogens (tertiary/aromatic N) is 2. The van der Waals surface area contributed by atoms with Crippen LogP contribution in [0.1, 0.15) is 39.7 Å². The smallest absolute Gasteiger partial charge is 0.126 e. The molecule has 0 spiro atoms. The molecular weight excluding hydrogens is 248 g/mol. The van der Waals surface area contributed by atoms with Crippen molar-refractivity contribution < 1.29 is 0 Å². The molecule has 0 saturated heterocycles. The largest absolute Gasteiger partial charge is 0.383 e. The van der Waals surface area contributed by atoms with Crippen molar-refractivity contribution >= 4 is 5.82 Å². The van der Waals surface area contributed by atoms with Crippen molar-refractivity contribution in [2.24, 2.45) is 0 Å². The Morgan fingerprint density at radius 1 is 1.35 bits per heavy atom. The van der Waals surface area contributed by atoms with Crippen LogP contribution >= 0.6 is 0 Å². The zero-order valence-electron chi connectivity index (χ0n) is 13.6. The SMILES string of the molecule is CCN(CC)C(C)(CC)C(Cc1cccnc1N)NC. The molecule has 1 rings (SSSR count). The molecule has 0 amide bonds. The van der Waals surface area contributed by atoms with Gasteiger partial charge in [-0.05, 0) is 51.5 Å². The lowest BCUT2D eigenvalue weighted by Crippen LogP contribution is -2.59. The molecule has 4 heteroatoms. The van der Waals surface area contributed by atoms with Gasteiger partial charge < -0.3 is 11.1 Å². The normalized spacial score (nSPS) is 16.1. The average Bonchev–Trinajstić information content (AvgIpc) is 2.47. The van der Waals surface area contributed by atoms with Crippen molar-refractivity contribution in [3.8, 4) is 0 Å². The summed E-state index contributed by atoms with van der Waals surface area (Å²) in [5, 5.41) is 3.49. The summed E-state index contributed by atoms with van der Waals surface area (Å²) in [6, 6.07) is 4.38. The molecule has 0 aliphatic rings. The highest BCUT2D eigenvalue weighted by atomic mass is 15.2. The Kier molecular flexibility index (Phi) is 6.43. The van der Waals surface area contributed by atoms with Crippen LogP contribution in [0.2, 0.25) is 0 Å². The maximum atomic E-state index is 6.00. The molecule has 0 fully saturated rings. The summed E-state index contributed by atoms with van der Waals surface area (Å²) in [7, 11) is 2.04. The van der Waals surface area contributed by atoms with E-state index in [1.54, 1.807) is 6.20 Å². The predicted molar refractivity (Wildman–Crippen MR) is 86.8 cm³/mol. The second-order valence-electron chi connectivity index (χ2n) is 5.48. The second-order valence-corrected chi connectivity index (χ2v) is 5.48. The first-order valence-corrected chi connectivity index (χ1v) is 7.65. The van der Waals surface area contributed by atoms with Crippen LogP contribution in [0, 0.1) is 0 Å². The molecule has 114 valence electrons. The number of anilines is 1. The standard InChI is InChI=1S/C16H30N4/c1-6-16(4,20(7-2)8-3)14(18-5)12-13-10-9-11-19-15(13)17/h9-11,14,18H,6-8,12H2,1-5H3,(H2,17,19). The van der Waals surface area contributed by atoms with Gasteiger partial charge in [0.15, 0.2) is 0 Å². The third-order valence-electron chi connectivity index (χ3n) is 4.65. The van der Waals surface area contributed by atoms with Gasteiger partial charge in [0.2, 0.25) is 0 Å². The molecule has 0 aromatic carbocycles. The van der Waals surface area contributed by atoms with Crippen molar-refractivity contribution in [2.75, 3.05) is 25.9 Å². The molecule has 4 nitrogen and oxygen atoms in total. The van der Waals surface area contributed by atoms with E-state index < -0.39 is 0 Å². The van der Waals surface area contributed by atoms with E-state index in [2.05, 4.69) is 49.0 Å². The minimum absolute atomic E-state index is 0.112. The van der Waals surface area contributed by atoms with Crippen LogP contribution in [-0.4, -0.2) is 41.6 Å². The van der Waals surface area contributed by atoms with Gasteiger partial charge >= 0.3 is 0 Å². The maximum absolute atomic E-state index is 6.00. The van der Waals surface area contributed by atoms with Gasteiger partial charge in [-0.2, -0.15) is 0 Å². The Morgan fingerprint density at radius 2 is 2.00 bits per heavy atom. The summed E-state index contributed by atoms with van der Waals surface area (Å²) in [6.45, 7) is 11.2. The number of rotatable bonds is 8. The first kappa shape index (κ1) is 16.9. The van der Waals surface area contributed by atoms with Gasteiger partial charge in [0.25, 0.3) is 0 Å². The monoisotopic (exact) mass is 278 g/mol. The molecule has 0 aliphatic heterocycles. The van der Waals surface area contributed by atoms with Crippen molar-refractivity contribution in [3.05, 3.63) is 23.9 Å². The van der Waals surface area contributed by atoms with Gasteiger partial charge in [0, 0.05) is 17.8 Å². The fourth-order valence-corrected chi connectivity index (χ4v) is 3.11. The van der Waals surface area contributed by atoms with Gasteiger partial charge in [-0.15, -0.1) is 0 Å². The highest BCUT2D eigenvalue weighted by Gasteiger charge is 2.36. The molecular formula is C16H30N4. The van der Waals surface area contributed by atoms with E-state index in [0.29, 0.717) is 11.9 Å². The average molecular weight is 278 g/mol. The molecule has 0 radical (unpaired) electrons. The zero-order chi connectivity index (χ0) is 15.2. The molecule has 1 aromatic heterocycles. The molecule has 20 heavy (non-hydrogen) atoms. The third-order valence-corrected chi connectivity index (χ3v) is 4.65. The van der Waals surface area contributed by atoms with E-state index in [4.69, 9.17) is 5.73 Å². The van der Waals surface area contributed by atoms with Crippen LogP contribution in [0.4, 0.5) is 5.82 Å². The fraction of sp³-hybridized carbons (Fsp3) is 0.688. The van der Waals surface area contributed by atoms with E-state index in [1.165, 1.54) is 0 Å². The lowest BCUT2D eigenvalue weighted by Gasteiger charge is -2.46. The van der Waals surface area contributed by atoms with Crippen LogP contribution < -0.4 is 11.1 Å². The van der Waals surface area contributed by atoms with Crippen molar-refractivity contribution in [1.82, 2.24) is 15.2 Å². The molecule has 0 saturated carbocycles. The van der Waals surface area contributed by atoms with Crippen LogP contribution in [0.15, 0.2) is 18.3 Å². The second kappa shape index (κ2) is 7.60. The summed E-state index contributed by atoms with van der Waals surface area (Å²) in [6.07, 6.45) is 3.74. The van der Waals surface area contributed by atoms with E-state index >= 15 is 0 Å². The lowest BCUT2D eigenvalue weighted by molar-refractivity contribution is 0.0731. The summed E-state index contributed by atoms with van der Waals surface area (Å²) < 4.78 is 0. The first-order valence-electron chi connectivity index (χ1n) is 7.65. The molecule has 2 unspecified atom stereocenters. The highest BCUT2D eigenvalue weighted by Crippen LogP contribution is 2.26. The van der Waals surface area contributed by atoms with Gasteiger partial charge in [0.05, 0.1) is 0 Å². The summed E-state index contributed by atoms with van der Waals surface area (Å²) in [4.78, 5) is 6.72. The predicted octanol–water partition coefficient (Wildman–Crippen LogP) is 2.30. The third kappa shape index (κ3) is 3.49. The number of aromatic nitrogens is 1. The molecule has 3 N–H and O–H groups in total. The van der Waals surface area contributed by atoms with Crippen molar-refractivity contribution in [2.45, 2.75) is 52.1 Å². The minimum Gasteiger partial charge on any atom is -0.383 e. The Hall–Kier alpha value is -1.13. The fourth-order valence-electron chi connectivity index (χ4n) is 3.11. The van der Waals surface area contributed by atoms with E-state index in [0.717, 1.165) is 31.5 Å². The number of nitrogens with one attached hydrogen (secondary N) is 1. The number of nitrogen functional groups attached to an aromatic ring is 1. The highest BCUT2D eigenvalue weighted by molar-refractivity contribution is 5.39. The number of hydrogen-bond donors (Lipinski definition) is 2. The number of nitrogens with two attached hydrogens (primary N) is 1. The van der Waals surface area contributed by atoms with Gasteiger partial charge in [-0.3, -0.25) is 4.90 Å². The van der Waals surface area contributed by atoms with Gasteiger partial charge in [-0.25, -0.2) is 4.98 Å². The number of pyridine rings is 1. The van der Waals surface area contributed by atoms with Crippen molar-refractivity contribution in [1.29, 1.82) is 0 Å². The Bertz CT molecular complexity index is 403. The molecule has 0 bridgehead atoms. The van der Waals surface area contributed by atoms with Crippen LogP contribution in [0.3, 0.4) is 0 Å². The summed E-state index contributed by atoms with van der Waals surface area (Å²) >= 11 is 0. The van der Waals surface area contributed by atoms with E-state index in [9.17, 15) is 0 Å². The lowest BCUT2D eigenvalue weighted by atomic mass is 9.83. The molecule has 0 aliphatic carbocycles. The topological polar surface area (TPSA) is 54.2 Å². The zero-order valence-corrected chi connectivity index (χ0v) is 13.6. The van der Waals surface area contributed by atoms with Crippen LogP contribution in [-0.2, 0) is 6.42 Å². The first-order chi connectivity index (χ1) is 9.53. The molecule has 2 atom stereocenters. The van der Waals surface area contributed by atoms with Crippen molar-refractivity contribution in [3.63, 3.8) is 0 Å². The van der Waals surface area contributed by atoms with Gasteiger partial charge in [0.1, 0.15) is 5.82 Å². The Labute approximate surface area is 123 Å². The van der Waals surface area contributed by atoms with Crippen LogP contribution in [0.25, 0.3) is 0 Å². The summed E-state index contributed by atoms with van der Waals surface area (Å²) in [5.74, 6) is 0.644. The number of hydrogen-bond acceptors (Lipinski definition) is 4. The number of likely N-dealkylation sites (N-methyl/N-ethyl adjacent to an activating group) is 2. The van der Waals surface area contributed by atoms with E-state index in [-0.39, 0.29) is 5.54 Å².